The molecule has 3 rings (SSSR count). The van der Waals surface area contributed by atoms with E-state index in [9.17, 15) is 4.79 Å². The molecule has 0 spiro atoms. The Morgan fingerprint density at radius 3 is 2.92 bits per heavy atom. The summed E-state index contributed by atoms with van der Waals surface area (Å²) >= 11 is 0. The van der Waals surface area contributed by atoms with E-state index in [2.05, 4.69) is 27.6 Å². The average molecular weight is 340 g/mol. The van der Waals surface area contributed by atoms with Gasteiger partial charge in [-0.25, -0.2) is 0 Å². The quantitative estimate of drug-likeness (QED) is 0.782. The van der Waals surface area contributed by atoms with E-state index in [1.807, 2.05) is 36.1 Å². The van der Waals surface area contributed by atoms with Gasteiger partial charge in [-0.3, -0.25) is 4.79 Å². The van der Waals surface area contributed by atoms with Gasteiger partial charge >= 0.3 is 0 Å². The number of hydrogen-bond donors (Lipinski definition) is 1. The average Bonchev–Trinajstić information content (AvgIpc) is 2.65. The van der Waals surface area contributed by atoms with Crippen LogP contribution in [-0.4, -0.2) is 47.3 Å². The molecule has 25 heavy (non-hydrogen) atoms. The summed E-state index contributed by atoms with van der Waals surface area (Å²) in [6.45, 7) is 4.74. The summed E-state index contributed by atoms with van der Waals surface area (Å²) in [5, 5.41) is 11.6. The highest BCUT2D eigenvalue weighted by molar-refractivity contribution is 5.77. The number of aromatic nitrogens is 2. The predicted octanol–water partition coefficient (Wildman–Crippen LogP) is 2.05. The Kier molecular flexibility index (Phi) is 5.95. The third-order valence-corrected chi connectivity index (χ3v) is 4.25. The molecule has 6 heteroatoms. The molecular weight excluding hydrogens is 316 g/mol. The van der Waals surface area contributed by atoms with Crippen molar-refractivity contribution in [3.8, 4) is 0 Å². The first-order valence-corrected chi connectivity index (χ1v) is 8.75. The van der Waals surface area contributed by atoms with Crippen molar-refractivity contribution >= 4 is 11.7 Å². The molecule has 1 aromatic heterocycles. The molecule has 1 aliphatic heterocycles. The number of ether oxygens (including phenoxy) is 1. The van der Waals surface area contributed by atoms with Crippen molar-refractivity contribution in [2.24, 2.45) is 0 Å². The molecule has 6 nitrogen and oxygen atoms in total. The smallest absolute Gasteiger partial charge is 0.248 e. The summed E-state index contributed by atoms with van der Waals surface area (Å²) in [5.41, 5.74) is 3.27. The van der Waals surface area contributed by atoms with Gasteiger partial charge in [0.25, 0.3) is 0 Å². The second kappa shape index (κ2) is 8.58. The Bertz CT molecular complexity index is 706. The molecule has 2 heterocycles. The Hall–Kier alpha value is -2.47. The molecule has 0 bridgehead atoms. The van der Waals surface area contributed by atoms with E-state index >= 15 is 0 Å². The number of fused-ring (bicyclic) bond motifs is 1. The van der Waals surface area contributed by atoms with Crippen molar-refractivity contribution < 1.29 is 9.53 Å². The summed E-state index contributed by atoms with van der Waals surface area (Å²) in [6.07, 6.45) is 1.56. The molecule has 0 aliphatic carbocycles. The predicted molar refractivity (Wildman–Crippen MR) is 96.3 cm³/mol. The van der Waals surface area contributed by atoms with Crippen LogP contribution in [-0.2, 0) is 28.9 Å². The SMILES string of the molecule is CCNc1cc2c(nn1)CCN(C(=O)COCCc1ccccc1)C2. The maximum atomic E-state index is 12.4. The van der Waals surface area contributed by atoms with Crippen molar-refractivity contribution in [2.45, 2.75) is 26.3 Å². The topological polar surface area (TPSA) is 67.4 Å². The monoisotopic (exact) mass is 340 g/mol. The van der Waals surface area contributed by atoms with Crippen LogP contribution >= 0.6 is 0 Å². The second-order valence-corrected chi connectivity index (χ2v) is 6.09. The molecule has 132 valence electrons. The zero-order valence-corrected chi connectivity index (χ0v) is 14.6. The van der Waals surface area contributed by atoms with Gasteiger partial charge in [-0.05, 0) is 30.5 Å². The summed E-state index contributed by atoms with van der Waals surface area (Å²) in [4.78, 5) is 14.2. The zero-order valence-electron chi connectivity index (χ0n) is 14.6. The largest absolute Gasteiger partial charge is 0.371 e. The Labute approximate surface area is 148 Å². The maximum absolute atomic E-state index is 12.4. The lowest BCUT2D eigenvalue weighted by Crippen LogP contribution is -2.38. The molecule has 1 amide bonds. The van der Waals surface area contributed by atoms with Gasteiger partial charge in [0.1, 0.15) is 12.4 Å². The van der Waals surface area contributed by atoms with E-state index in [1.165, 1.54) is 5.56 Å². The molecule has 1 aromatic carbocycles. The normalized spacial score (nSPS) is 13.4. The summed E-state index contributed by atoms with van der Waals surface area (Å²) in [6, 6.07) is 12.1. The molecule has 0 atom stereocenters. The summed E-state index contributed by atoms with van der Waals surface area (Å²) < 4.78 is 5.57. The number of carbonyl (C=O) groups excluding carboxylic acids is 1. The summed E-state index contributed by atoms with van der Waals surface area (Å²) in [7, 11) is 0. The van der Waals surface area contributed by atoms with Crippen LogP contribution in [0.2, 0.25) is 0 Å². The van der Waals surface area contributed by atoms with Crippen molar-refractivity contribution in [1.29, 1.82) is 0 Å². The molecular formula is C19H24N4O2. The highest BCUT2D eigenvalue weighted by Crippen LogP contribution is 2.19. The lowest BCUT2D eigenvalue weighted by Gasteiger charge is -2.28. The Morgan fingerprint density at radius 2 is 2.12 bits per heavy atom. The van der Waals surface area contributed by atoms with Crippen molar-refractivity contribution in [1.82, 2.24) is 15.1 Å². The third-order valence-electron chi connectivity index (χ3n) is 4.25. The number of carbonyl (C=O) groups is 1. The van der Waals surface area contributed by atoms with Gasteiger partial charge in [0.05, 0.1) is 12.3 Å². The highest BCUT2D eigenvalue weighted by atomic mass is 16.5. The number of benzene rings is 1. The van der Waals surface area contributed by atoms with E-state index in [0.717, 1.165) is 36.5 Å². The first-order chi connectivity index (χ1) is 12.3. The van der Waals surface area contributed by atoms with E-state index in [4.69, 9.17) is 4.74 Å². The first kappa shape index (κ1) is 17.4. The van der Waals surface area contributed by atoms with Crippen molar-refractivity contribution in [3.63, 3.8) is 0 Å². The third kappa shape index (κ3) is 4.76. The van der Waals surface area contributed by atoms with Crippen LogP contribution in [0.1, 0.15) is 23.7 Å². The highest BCUT2D eigenvalue weighted by Gasteiger charge is 2.22. The number of nitrogens with zero attached hydrogens (tertiary/aromatic N) is 3. The van der Waals surface area contributed by atoms with Gasteiger partial charge in [0, 0.05) is 26.1 Å². The van der Waals surface area contributed by atoms with Crippen LogP contribution in [0.3, 0.4) is 0 Å². The standard InChI is InChI=1S/C19H24N4O2/c1-2-20-18-12-16-13-23(10-8-17(16)21-22-18)19(24)14-25-11-9-15-6-4-3-5-7-15/h3-7,12H,2,8-11,13-14H2,1H3,(H,20,22). The number of rotatable bonds is 7. The lowest BCUT2D eigenvalue weighted by molar-refractivity contribution is -0.137. The number of hydrogen-bond acceptors (Lipinski definition) is 5. The van der Waals surface area contributed by atoms with Gasteiger partial charge < -0.3 is 15.0 Å². The zero-order chi connectivity index (χ0) is 17.5. The fourth-order valence-corrected chi connectivity index (χ4v) is 2.89. The fourth-order valence-electron chi connectivity index (χ4n) is 2.89. The Balaban J connectivity index is 1.47. The maximum Gasteiger partial charge on any atom is 0.248 e. The van der Waals surface area contributed by atoms with Gasteiger partial charge in [0.2, 0.25) is 5.91 Å². The number of anilines is 1. The van der Waals surface area contributed by atoms with Gasteiger partial charge in [-0.2, -0.15) is 5.10 Å². The molecule has 0 unspecified atom stereocenters. The van der Waals surface area contributed by atoms with E-state index in [-0.39, 0.29) is 12.5 Å². The van der Waals surface area contributed by atoms with Crippen LogP contribution in [0.5, 0.6) is 0 Å². The van der Waals surface area contributed by atoms with Crippen LogP contribution in [0.25, 0.3) is 0 Å². The first-order valence-electron chi connectivity index (χ1n) is 8.75. The van der Waals surface area contributed by atoms with Crippen LogP contribution in [0.4, 0.5) is 5.82 Å². The van der Waals surface area contributed by atoms with Gasteiger partial charge in [-0.1, -0.05) is 30.3 Å². The minimum Gasteiger partial charge on any atom is -0.371 e. The van der Waals surface area contributed by atoms with E-state index in [1.54, 1.807) is 0 Å². The minimum atomic E-state index is 0.0283. The van der Waals surface area contributed by atoms with Crippen molar-refractivity contribution in [2.75, 3.05) is 31.6 Å². The van der Waals surface area contributed by atoms with Crippen molar-refractivity contribution in [3.05, 3.63) is 53.2 Å². The van der Waals surface area contributed by atoms with Gasteiger partial charge in [0.15, 0.2) is 0 Å². The second-order valence-electron chi connectivity index (χ2n) is 6.09. The van der Waals surface area contributed by atoms with Crippen LogP contribution in [0, 0.1) is 0 Å². The molecule has 1 N–H and O–H groups in total. The fraction of sp³-hybridized carbons (Fsp3) is 0.421. The van der Waals surface area contributed by atoms with E-state index < -0.39 is 0 Å². The minimum absolute atomic E-state index is 0.0283. The molecule has 0 fully saturated rings. The molecule has 0 saturated carbocycles. The molecule has 1 aliphatic rings. The number of nitrogens with one attached hydrogen (secondary N) is 1. The lowest BCUT2D eigenvalue weighted by atomic mass is 10.1. The van der Waals surface area contributed by atoms with Crippen LogP contribution in [0.15, 0.2) is 36.4 Å². The van der Waals surface area contributed by atoms with E-state index in [0.29, 0.717) is 19.7 Å². The Morgan fingerprint density at radius 1 is 1.28 bits per heavy atom. The number of amides is 1. The molecule has 0 radical (unpaired) electrons. The molecule has 0 saturated heterocycles. The molecule has 2 aromatic rings. The van der Waals surface area contributed by atoms with Crippen LogP contribution < -0.4 is 5.32 Å². The van der Waals surface area contributed by atoms with Gasteiger partial charge in [-0.15, -0.1) is 5.10 Å². The summed E-state index contributed by atoms with van der Waals surface area (Å²) in [5.74, 6) is 0.787.